The minimum Gasteiger partial charge on any atom is -0.479 e. The molecular formula is C12H16O4. The van der Waals surface area contributed by atoms with Crippen LogP contribution in [0.5, 0.6) is 0 Å². The Labute approximate surface area is 94.6 Å². The molecule has 4 heteroatoms. The van der Waals surface area contributed by atoms with E-state index >= 15 is 0 Å². The smallest absolute Gasteiger partial charge is 0.340 e. The maximum Gasteiger partial charge on any atom is 0.340 e. The predicted octanol–water partition coefficient (Wildman–Crippen LogP) is 1.57. The molecule has 0 aromatic carbocycles. The fraction of sp³-hybridized carbons (Fsp3) is 0.500. The Balaban J connectivity index is 3.08. The molecule has 1 aliphatic carbocycles. The van der Waals surface area contributed by atoms with Crippen molar-refractivity contribution in [3.8, 4) is 0 Å². The number of carboxylic acid groups (broad SMARTS) is 1. The number of ether oxygens (including phenoxy) is 1. The number of methoxy groups -OCH3 is 1. The van der Waals surface area contributed by atoms with E-state index in [2.05, 4.69) is 0 Å². The molecule has 4 nitrogen and oxygen atoms in total. The fourth-order valence-corrected chi connectivity index (χ4v) is 1.58. The Bertz CT molecular complexity index is 365. The van der Waals surface area contributed by atoms with Gasteiger partial charge in [0.15, 0.2) is 11.4 Å². The van der Waals surface area contributed by atoms with E-state index in [0.29, 0.717) is 5.57 Å². The first-order valence-electron chi connectivity index (χ1n) is 5.15. The molecule has 0 bridgehead atoms. The van der Waals surface area contributed by atoms with E-state index in [1.165, 1.54) is 13.2 Å². The minimum absolute atomic E-state index is 0.0707. The van der Waals surface area contributed by atoms with Crippen LogP contribution in [-0.2, 0) is 14.3 Å². The van der Waals surface area contributed by atoms with E-state index in [1.807, 2.05) is 0 Å². The van der Waals surface area contributed by atoms with Crippen molar-refractivity contribution in [2.24, 2.45) is 5.92 Å². The SMILES string of the molecule is COC1(C(=O)O)C=C(C(=O)C(C)C)C=CC1. The van der Waals surface area contributed by atoms with Crippen molar-refractivity contribution < 1.29 is 19.4 Å². The molecule has 88 valence electrons. The predicted molar refractivity (Wildman–Crippen MR) is 59.1 cm³/mol. The van der Waals surface area contributed by atoms with Crippen molar-refractivity contribution in [2.45, 2.75) is 25.9 Å². The normalized spacial score (nSPS) is 24.4. The number of Topliss-reactive ketones (excluding diaryl/α,β-unsaturated/α-hetero) is 1. The van der Waals surface area contributed by atoms with Gasteiger partial charge in [-0.25, -0.2) is 4.79 Å². The monoisotopic (exact) mass is 224 g/mol. The number of ketones is 1. The van der Waals surface area contributed by atoms with E-state index in [4.69, 9.17) is 9.84 Å². The molecule has 1 atom stereocenters. The zero-order valence-electron chi connectivity index (χ0n) is 9.69. The Morgan fingerprint density at radius 3 is 2.56 bits per heavy atom. The molecule has 0 aliphatic heterocycles. The first kappa shape index (κ1) is 12.6. The maximum atomic E-state index is 11.8. The summed E-state index contributed by atoms with van der Waals surface area (Å²) in [4.78, 5) is 22.9. The number of hydrogen-bond donors (Lipinski definition) is 1. The summed E-state index contributed by atoms with van der Waals surface area (Å²) in [6, 6.07) is 0. The molecule has 0 saturated carbocycles. The molecule has 0 fully saturated rings. The van der Waals surface area contributed by atoms with Gasteiger partial charge in [0.1, 0.15) is 0 Å². The van der Waals surface area contributed by atoms with Gasteiger partial charge in [0.05, 0.1) is 0 Å². The molecule has 0 spiro atoms. The average molecular weight is 224 g/mol. The average Bonchev–Trinajstić information content (AvgIpc) is 2.27. The number of rotatable bonds is 4. The van der Waals surface area contributed by atoms with Crippen molar-refractivity contribution >= 4 is 11.8 Å². The highest BCUT2D eigenvalue weighted by molar-refractivity contribution is 6.01. The third-order valence-electron chi connectivity index (χ3n) is 2.64. The summed E-state index contributed by atoms with van der Waals surface area (Å²) in [7, 11) is 1.33. The Morgan fingerprint density at radius 1 is 1.50 bits per heavy atom. The molecule has 0 radical (unpaired) electrons. The minimum atomic E-state index is -1.39. The molecule has 0 amide bonds. The van der Waals surface area contributed by atoms with Crippen LogP contribution in [-0.4, -0.2) is 29.6 Å². The van der Waals surface area contributed by atoms with Gasteiger partial charge in [-0.15, -0.1) is 0 Å². The highest BCUT2D eigenvalue weighted by Gasteiger charge is 2.38. The number of carboxylic acids is 1. The summed E-state index contributed by atoms with van der Waals surface area (Å²) in [5.74, 6) is -1.30. The fourth-order valence-electron chi connectivity index (χ4n) is 1.58. The van der Waals surface area contributed by atoms with Crippen LogP contribution in [0.1, 0.15) is 20.3 Å². The molecule has 1 unspecified atom stereocenters. The molecule has 0 aromatic heterocycles. The second kappa shape index (κ2) is 4.61. The van der Waals surface area contributed by atoms with E-state index in [0.717, 1.165) is 0 Å². The maximum absolute atomic E-state index is 11.8. The van der Waals surface area contributed by atoms with Crippen LogP contribution in [0.25, 0.3) is 0 Å². The van der Waals surface area contributed by atoms with Crippen molar-refractivity contribution in [1.29, 1.82) is 0 Å². The second-order valence-corrected chi connectivity index (χ2v) is 4.12. The Morgan fingerprint density at radius 2 is 2.12 bits per heavy atom. The van der Waals surface area contributed by atoms with Gasteiger partial charge in [-0.3, -0.25) is 4.79 Å². The number of carbonyl (C=O) groups excluding carboxylic acids is 1. The largest absolute Gasteiger partial charge is 0.479 e. The van der Waals surface area contributed by atoms with Crippen LogP contribution >= 0.6 is 0 Å². The highest BCUT2D eigenvalue weighted by atomic mass is 16.5. The van der Waals surface area contributed by atoms with Gasteiger partial charge >= 0.3 is 5.97 Å². The van der Waals surface area contributed by atoms with Gasteiger partial charge in [-0.2, -0.15) is 0 Å². The van der Waals surface area contributed by atoms with Gasteiger partial charge in [0, 0.05) is 25.0 Å². The zero-order chi connectivity index (χ0) is 12.3. The third kappa shape index (κ3) is 2.22. The Hall–Kier alpha value is -1.42. The summed E-state index contributed by atoms with van der Waals surface area (Å²) in [5, 5.41) is 9.11. The molecule has 0 heterocycles. The van der Waals surface area contributed by atoms with Crippen LogP contribution in [0, 0.1) is 5.92 Å². The van der Waals surface area contributed by atoms with E-state index in [9.17, 15) is 9.59 Å². The summed E-state index contributed by atoms with van der Waals surface area (Å²) in [6.45, 7) is 3.56. The standard InChI is InChI=1S/C12H16O4/c1-8(2)10(13)9-5-4-6-12(7-9,16-3)11(14)15/h4-5,7-8H,6H2,1-3H3,(H,14,15). The van der Waals surface area contributed by atoms with Crippen LogP contribution in [0.15, 0.2) is 23.8 Å². The molecule has 0 aromatic rings. The van der Waals surface area contributed by atoms with Gasteiger partial charge in [0.2, 0.25) is 0 Å². The van der Waals surface area contributed by atoms with E-state index in [1.54, 1.807) is 26.0 Å². The van der Waals surface area contributed by atoms with Gasteiger partial charge in [-0.05, 0) is 6.08 Å². The van der Waals surface area contributed by atoms with Gasteiger partial charge in [0.25, 0.3) is 0 Å². The van der Waals surface area contributed by atoms with Crippen LogP contribution in [0.2, 0.25) is 0 Å². The molecule has 1 aliphatic rings. The van der Waals surface area contributed by atoms with Gasteiger partial charge < -0.3 is 9.84 Å². The number of aliphatic carboxylic acids is 1. The second-order valence-electron chi connectivity index (χ2n) is 4.12. The lowest BCUT2D eigenvalue weighted by Gasteiger charge is -2.26. The zero-order valence-corrected chi connectivity index (χ0v) is 9.69. The molecule has 1 N–H and O–H groups in total. The van der Waals surface area contributed by atoms with Crippen LogP contribution in [0.4, 0.5) is 0 Å². The lowest BCUT2D eigenvalue weighted by atomic mass is 9.87. The van der Waals surface area contributed by atoms with Crippen LogP contribution in [0.3, 0.4) is 0 Å². The highest BCUT2D eigenvalue weighted by Crippen LogP contribution is 2.26. The number of hydrogen-bond acceptors (Lipinski definition) is 3. The van der Waals surface area contributed by atoms with E-state index < -0.39 is 11.6 Å². The lowest BCUT2D eigenvalue weighted by molar-refractivity contribution is -0.156. The summed E-state index contributed by atoms with van der Waals surface area (Å²) in [6.07, 6.45) is 4.96. The Kier molecular flexibility index (Phi) is 3.65. The van der Waals surface area contributed by atoms with E-state index in [-0.39, 0.29) is 18.1 Å². The number of carbonyl (C=O) groups is 2. The first-order chi connectivity index (χ1) is 7.43. The molecule has 1 rings (SSSR count). The van der Waals surface area contributed by atoms with Crippen LogP contribution < -0.4 is 0 Å². The summed E-state index contributed by atoms with van der Waals surface area (Å²) in [5.41, 5.74) is -0.986. The topological polar surface area (TPSA) is 63.6 Å². The molecule has 16 heavy (non-hydrogen) atoms. The molecular weight excluding hydrogens is 208 g/mol. The number of allylic oxidation sites excluding steroid dienone is 2. The summed E-state index contributed by atoms with van der Waals surface area (Å²) >= 11 is 0. The van der Waals surface area contributed by atoms with Crippen molar-refractivity contribution in [2.75, 3.05) is 7.11 Å². The third-order valence-corrected chi connectivity index (χ3v) is 2.64. The van der Waals surface area contributed by atoms with Crippen molar-refractivity contribution in [1.82, 2.24) is 0 Å². The first-order valence-corrected chi connectivity index (χ1v) is 5.15. The van der Waals surface area contributed by atoms with Crippen molar-refractivity contribution in [3.63, 3.8) is 0 Å². The lowest BCUT2D eigenvalue weighted by Crippen LogP contribution is -2.40. The quantitative estimate of drug-likeness (QED) is 0.787. The molecule has 0 saturated heterocycles. The van der Waals surface area contributed by atoms with Gasteiger partial charge in [-0.1, -0.05) is 26.0 Å². The van der Waals surface area contributed by atoms with Crippen molar-refractivity contribution in [3.05, 3.63) is 23.8 Å². The summed E-state index contributed by atoms with van der Waals surface area (Å²) < 4.78 is 5.02.